The minimum absolute atomic E-state index is 0.0985. The summed E-state index contributed by atoms with van der Waals surface area (Å²) in [6.45, 7) is 7.63. The second-order valence-corrected chi connectivity index (χ2v) is 6.45. The lowest BCUT2D eigenvalue weighted by atomic mass is 9.86. The van der Waals surface area contributed by atoms with Crippen molar-refractivity contribution >= 4 is 11.9 Å². The molecule has 1 fully saturated rings. The molecule has 0 bridgehead atoms. The molecule has 0 radical (unpaired) electrons. The molecular weight excluding hydrogens is 328 g/mol. The van der Waals surface area contributed by atoms with Crippen molar-refractivity contribution in [3.8, 4) is 17.2 Å². The number of carbonyl (C=O) groups excluding carboxylic acids is 2. The lowest BCUT2D eigenvalue weighted by molar-refractivity contribution is -0.205. The van der Waals surface area contributed by atoms with Crippen molar-refractivity contribution in [1.82, 2.24) is 0 Å². The molecule has 7 nitrogen and oxygen atoms in total. The van der Waals surface area contributed by atoms with E-state index in [1.54, 1.807) is 0 Å². The van der Waals surface area contributed by atoms with Crippen molar-refractivity contribution in [1.29, 1.82) is 0 Å². The molecule has 1 aliphatic heterocycles. The van der Waals surface area contributed by atoms with Crippen LogP contribution >= 0.6 is 0 Å². The summed E-state index contributed by atoms with van der Waals surface area (Å²) in [4.78, 5) is 23.5. The maximum atomic E-state index is 11.8. The van der Waals surface area contributed by atoms with E-state index in [1.165, 1.54) is 14.2 Å². The molecular formula is C18H24O7. The van der Waals surface area contributed by atoms with Gasteiger partial charge in [0.05, 0.1) is 14.2 Å². The maximum Gasteiger partial charge on any atom is 0.320 e. The molecule has 2 rings (SSSR count). The van der Waals surface area contributed by atoms with Gasteiger partial charge in [0.15, 0.2) is 11.5 Å². The number of cyclic esters (lactones) is 2. The number of phenolic OH excluding ortho intramolecular Hbond substituents is 1. The lowest BCUT2D eigenvalue weighted by Crippen LogP contribution is -2.29. The summed E-state index contributed by atoms with van der Waals surface area (Å²) in [6.07, 6.45) is -1.62. The molecule has 0 spiro atoms. The van der Waals surface area contributed by atoms with Crippen molar-refractivity contribution in [2.45, 2.75) is 52.2 Å². The average Bonchev–Trinajstić information content (AvgIpc) is 2.52. The molecule has 1 aromatic carbocycles. The monoisotopic (exact) mass is 352 g/mol. The van der Waals surface area contributed by atoms with Crippen molar-refractivity contribution in [3.63, 3.8) is 0 Å². The molecule has 1 heterocycles. The van der Waals surface area contributed by atoms with E-state index in [0.29, 0.717) is 16.7 Å². The lowest BCUT2D eigenvalue weighted by Gasteiger charge is -2.31. The van der Waals surface area contributed by atoms with Crippen LogP contribution in [0.5, 0.6) is 17.2 Å². The van der Waals surface area contributed by atoms with Gasteiger partial charge in [-0.3, -0.25) is 9.59 Å². The molecule has 1 aliphatic rings. The Labute approximate surface area is 146 Å². The molecule has 1 N–H and O–H groups in total. The molecule has 0 atom stereocenters. The van der Waals surface area contributed by atoms with Gasteiger partial charge in [-0.15, -0.1) is 0 Å². The third-order valence-electron chi connectivity index (χ3n) is 4.06. The van der Waals surface area contributed by atoms with Gasteiger partial charge in [0.1, 0.15) is 6.42 Å². The summed E-state index contributed by atoms with van der Waals surface area (Å²) in [7, 11) is 2.86. The molecule has 0 unspecified atom stereocenters. The van der Waals surface area contributed by atoms with Crippen LogP contribution in [0, 0.1) is 0 Å². The van der Waals surface area contributed by atoms with Crippen LogP contribution in [0.4, 0.5) is 0 Å². The normalized spacial score (nSPS) is 15.4. The minimum Gasteiger partial charge on any atom is -0.502 e. The second kappa shape index (κ2) is 7.21. The fraction of sp³-hybridized carbons (Fsp3) is 0.556. The largest absolute Gasteiger partial charge is 0.502 e. The number of hydrogen-bond donors (Lipinski definition) is 1. The SMILES string of the molecule is COc1c(O)c(OC)c(C(C)C)c(C2OC(=O)CC(=O)O2)c1C(C)C. The molecule has 1 aromatic rings. The molecule has 0 saturated carbocycles. The summed E-state index contributed by atoms with van der Waals surface area (Å²) in [5.74, 6) is -1.21. The van der Waals surface area contributed by atoms with Gasteiger partial charge in [-0.25, -0.2) is 0 Å². The van der Waals surface area contributed by atoms with Crippen LogP contribution in [0.2, 0.25) is 0 Å². The Morgan fingerprint density at radius 2 is 1.32 bits per heavy atom. The highest BCUT2D eigenvalue weighted by atomic mass is 16.7. The third-order valence-corrected chi connectivity index (χ3v) is 4.06. The molecule has 0 amide bonds. The summed E-state index contributed by atoms with van der Waals surface area (Å²) >= 11 is 0. The highest BCUT2D eigenvalue weighted by Gasteiger charge is 2.38. The van der Waals surface area contributed by atoms with Crippen molar-refractivity contribution in [2.75, 3.05) is 14.2 Å². The first-order valence-electron chi connectivity index (χ1n) is 8.12. The number of ether oxygens (including phenoxy) is 4. The Hall–Kier alpha value is -2.44. The number of phenols is 1. The summed E-state index contributed by atoms with van der Waals surface area (Å²) < 4.78 is 21.4. The number of esters is 2. The topological polar surface area (TPSA) is 91.3 Å². The predicted molar refractivity (Wildman–Crippen MR) is 88.9 cm³/mol. The first kappa shape index (κ1) is 18.9. The van der Waals surface area contributed by atoms with Gasteiger partial charge in [0, 0.05) is 16.7 Å². The van der Waals surface area contributed by atoms with Crippen LogP contribution < -0.4 is 9.47 Å². The van der Waals surface area contributed by atoms with Gasteiger partial charge in [0.2, 0.25) is 5.75 Å². The quantitative estimate of drug-likeness (QED) is 0.643. The van der Waals surface area contributed by atoms with Gasteiger partial charge in [-0.2, -0.15) is 0 Å². The molecule has 0 aliphatic carbocycles. The van der Waals surface area contributed by atoms with E-state index in [9.17, 15) is 14.7 Å². The molecule has 138 valence electrons. The second-order valence-electron chi connectivity index (χ2n) is 6.45. The maximum absolute atomic E-state index is 11.8. The van der Waals surface area contributed by atoms with E-state index in [-0.39, 0.29) is 29.1 Å². The number of rotatable bonds is 5. The van der Waals surface area contributed by atoms with Crippen LogP contribution in [-0.2, 0) is 19.1 Å². The zero-order chi connectivity index (χ0) is 18.9. The number of benzene rings is 1. The van der Waals surface area contributed by atoms with Crippen LogP contribution in [0.1, 0.15) is 68.9 Å². The summed E-state index contributed by atoms with van der Waals surface area (Å²) in [6, 6.07) is 0. The van der Waals surface area contributed by atoms with Crippen LogP contribution in [0.25, 0.3) is 0 Å². The Morgan fingerprint density at radius 3 is 1.64 bits per heavy atom. The Bertz CT molecular complexity index is 638. The standard InChI is InChI=1S/C18H24O7/c1-8(2)12-14(18-24-10(19)7-11(20)25-18)13(9(3)4)17(23-6)15(21)16(12)22-5/h8-9,18,21H,7H2,1-6H3. The highest BCUT2D eigenvalue weighted by molar-refractivity contribution is 5.93. The summed E-state index contributed by atoms with van der Waals surface area (Å²) in [5.41, 5.74) is 1.70. The molecule has 7 heteroatoms. The minimum atomic E-state index is -1.20. The first-order chi connectivity index (χ1) is 11.7. The van der Waals surface area contributed by atoms with Gasteiger partial charge in [-0.05, 0) is 11.8 Å². The number of hydrogen-bond acceptors (Lipinski definition) is 7. The van der Waals surface area contributed by atoms with E-state index < -0.39 is 24.6 Å². The van der Waals surface area contributed by atoms with Gasteiger partial charge in [-0.1, -0.05) is 27.7 Å². The van der Waals surface area contributed by atoms with Crippen molar-refractivity contribution < 1.29 is 33.6 Å². The van der Waals surface area contributed by atoms with E-state index in [1.807, 2.05) is 27.7 Å². The van der Waals surface area contributed by atoms with Gasteiger partial charge in [0.25, 0.3) is 6.29 Å². The van der Waals surface area contributed by atoms with Gasteiger partial charge >= 0.3 is 11.9 Å². The Kier molecular flexibility index (Phi) is 5.45. The van der Waals surface area contributed by atoms with Gasteiger partial charge < -0.3 is 24.1 Å². The predicted octanol–water partition coefficient (Wildman–Crippen LogP) is 3.14. The number of aromatic hydroxyl groups is 1. The van der Waals surface area contributed by atoms with E-state index >= 15 is 0 Å². The smallest absolute Gasteiger partial charge is 0.320 e. The van der Waals surface area contributed by atoms with Crippen molar-refractivity contribution in [3.05, 3.63) is 16.7 Å². The Balaban J connectivity index is 2.86. The van der Waals surface area contributed by atoms with Crippen LogP contribution in [-0.4, -0.2) is 31.3 Å². The fourth-order valence-corrected chi connectivity index (χ4v) is 3.14. The van der Waals surface area contributed by atoms with E-state index in [2.05, 4.69) is 0 Å². The molecule has 25 heavy (non-hydrogen) atoms. The third kappa shape index (κ3) is 3.36. The number of methoxy groups -OCH3 is 2. The van der Waals surface area contributed by atoms with E-state index in [0.717, 1.165) is 0 Å². The van der Waals surface area contributed by atoms with Crippen molar-refractivity contribution in [2.24, 2.45) is 0 Å². The molecule has 0 aromatic heterocycles. The summed E-state index contributed by atoms with van der Waals surface area (Å²) in [5, 5.41) is 10.6. The highest BCUT2D eigenvalue weighted by Crippen LogP contribution is 2.52. The molecule has 1 saturated heterocycles. The van der Waals surface area contributed by atoms with Crippen LogP contribution in [0.3, 0.4) is 0 Å². The van der Waals surface area contributed by atoms with E-state index in [4.69, 9.17) is 18.9 Å². The zero-order valence-electron chi connectivity index (χ0n) is 15.3. The fourth-order valence-electron chi connectivity index (χ4n) is 3.14. The first-order valence-corrected chi connectivity index (χ1v) is 8.12. The van der Waals surface area contributed by atoms with Crippen LogP contribution in [0.15, 0.2) is 0 Å². The Morgan fingerprint density at radius 1 is 0.920 bits per heavy atom. The number of carbonyl (C=O) groups is 2. The average molecular weight is 352 g/mol. The zero-order valence-corrected chi connectivity index (χ0v) is 15.3.